The number of hydrogen-bond acceptors (Lipinski definition) is 3. The number of amidine groups is 1. The van der Waals surface area contributed by atoms with Crippen LogP contribution in [0.2, 0.25) is 0 Å². The van der Waals surface area contributed by atoms with Crippen LogP contribution in [0.25, 0.3) is 10.2 Å². The fourth-order valence-electron chi connectivity index (χ4n) is 2.27. The van der Waals surface area contributed by atoms with Crippen LogP contribution < -0.4 is 5.32 Å². The van der Waals surface area contributed by atoms with Crippen LogP contribution in [0.4, 0.5) is 5.69 Å². The molecule has 2 aromatic carbocycles. The summed E-state index contributed by atoms with van der Waals surface area (Å²) < 4.78 is 1.20. The van der Waals surface area contributed by atoms with Gasteiger partial charge in [0, 0.05) is 12.1 Å². The summed E-state index contributed by atoms with van der Waals surface area (Å²) in [4.78, 5) is 4.70. The third kappa shape index (κ3) is 3.47. The van der Waals surface area contributed by atoms with Gasteiger partial charge in [-0.15, -0.1) is 11.3 Å². The first-order valence-corrected chi connectivity index (χ1v) is 7.78. The molecule has 21 heavy (non-hydrogen) atoms. The second-order valence-electron chi connectivity index (χ2n) is 5.03. The number of nitrogens with zero attached hydrogens (tertiary/aromatic N) is 1. The number of rotatable bonds is 4. The normalized spacial score (nSPS) is 10.7. The van der Waals surface area contributed by atoms with Crippen molar-refractivity contribution in [3.05, 3.63) is 59.1 Å². The first-order chi connectivity index (χ1) is 10.2. The highest BCUT2D eigenvalue weighted by atomic mass is 32.1. The lowest BCUT2D eigenvalue weighted by Crippen LogP contribution is -2.04. The van der Waals surface area contributed by atoms with Gasteiger partial charge in [-0.3, -0.25) is 5.41 Å². The summed E-state index contributed by atoms with van der Waals surface area (Å²) in [6.45, 7) is 1.73. The number of aryl methyl sites for hydroxylation is 2. The van der Waals surface area contributed by atoms with Crippen LogP contribution in [-0.2, 0) is 12.8 Å². The number of thiazole rings is 1. The van der Waals surface area contributed by atoms with Gasteiger partial charge >= 0.3 is 0 Å². The average Bonchev–Trinajstić information content (AvgIpc) is 2.88. The van der Waals surface area contributed by atoms with Gasteiger partial charge in [0.15, 0.2) is 0 Å². The molecule has 0 saturated carbocycles. The van der Waals surface area contributed by atoms with Gasteiger partial charge in [-0.1, -0.05) is 30.3 Å². The van der Waals surface area contributed by atoms with Crippen LogP contribution in [0.5, 0.6) is 0 Å². The van der Waals surface area contributed by atoms with Crippen LogP contribution in [0, 0.1) is 5.41 Å². The molecule has 0 fully saturated rings. The topological polar surface area (TPSA) is 48.8 Å². The summed E-state index contributed by atoms with van der Waals surface area (Å²) in [6.07, 6.45) is 1.99. The summed E-state index contributed by atoms with van der Waals surface area (Å²) in [5.74, 6) is 0.439. The van der Waals surface area contributed by atoms with Gasteiger partial charge in [0.05, 0.1) is 21.1 Å². The van der Waals surface area contributed by atoms with E-state index >= 15 is 0 Å². The van der Waals surface area contributed by atoms with Crippen molar-refractivity contribution in [1.29, 1.82) is 5.41 Å². The molecule has 2 N–H and O–H groups in total. The van der Waals surface area contributed by atoms with Gasteiger partial charge in [-0.2, -0.15) is 0 Å². The minimum Gasteiger partial charge on any atom is -0.344 e. The molecule has 3 aromatic rings. The molecule has 0 bridgehead atoms. The van der Waals surface area contributed by atoms with E-state index in [-0.39, 0.29) is 0 Å². The molecule has 0 saturated heterocycles. The van der Waals surface area contributed by atoms with E-state index in [1.807, 2.05) is 18.2 Å². The summed E-state index contributed by atoms with van der Waals surface area (Å²) in [5, 5.41) is 11.7. The fourth-order valence-corrected chi connectivity index (χ4v) is 3.22. The van der Waals surface area contributed by atoms with Gasteiger partial charge < -0.3 is 5.32 Å². The second-order valence-corrected chi connectivity index (χ2v) is 6.14. The van der Waals surface area contributed by atoms with Crippen molar-refractivity contribution >= 4 is 33.1 Å². The van der Waals surface area contributed by atoms with Crippen molar-refractivity contribution < 1.29 is 0 Å². The number of fused-ring (bicyclic) bond motifs is 1. The summed E-state index contributed by atoms with van der Waals surface area (Å²) in [7, 11) is 0. The Morgan fingerprint density at radius 1 is 1.14 bits per heavy atom. The Morgan fingerprint density at radius 2 is 1.95 bits per heavy atom. The quantitative estimate of drug-likeness (QED) is 0.550. The SMILES string of the molecule is CC(=N)Nc1ccc2sc(CCc3ccccc3)nc2c1. The zero-order valence-corrected chi connectivity index (χ0v) is 12.7. The maximum atomic E-state index is 7.48. The molecule has 0 aliphatic rings. The van der Waals surface area contributed by atoms with E-state index in [1.54, 1.807) is 18.3 Å². The number of benzene rings is 2. The Balaban J connectivity index is 1.76. The van der Waals surface area contributed by atoms with Crippen LogP contribution >= 0.6 is 11.3 Å². The van der Waals surface area contributed by atoms with Crippen molar-refractivity contribution in [2.24, 2.45) is 0 Å². The molecule has 0 aliphatic heterocycles. The number of anilines is 1. The van der Waals surface area contributed by atoms with E-state index in [4.69, 9.17) is 10.4 Å². The minimum atomic E-state index is 0.439. The first kappa shape index (κ1) is 13.8. The zero-order chi connectivity index (χ0) is 14.7. The molecule has 0 unspecified atom stereocenters. The van der Waals surface area contributed by atoms with Crippen molar-refractivity contribution in [3.63, 3.8) is 0 Å². The summed E-state index contributed by atoms with van der Waals surface area (Å²) >= 11 is 1.75. The van der Waals surface area contributed by atoms with Crippen LogP contribution in [0.15, 0.2) is 48.5 Å². The lowest BCUT2D eigenvalue weighted by molar-refractivity contribution is 0.949. The van der Waals surface area contributed by atoms with Gasteiger partial charge in [-0.25, -0.2) is 4.98 Å². The molecule has 3 nitrogen and oxygen atoms in total. The maximum absolute atomic E-state index is 7.48. The highest BCUT2D eigenvalue weighted by molar-refractivity contribution is 7.18. The predicted octanol–water partition coefficient (Wildman–Crippen LogP) is 4.49. The van der Waals surface area contributed by atoms with Gasteiger partial charge in [0.2, 0.25) is 0 Å². The molecule has 106 valence electrons. The largest absolute Gasteiger partial charge is 0.344 e. The Hall–Kier alpha value is -2.20. The van der Waals surface area contributed by atoms with Crippen LogP contribution in [-0.4, -0.2) is 10.8 Å². The first-order valence-electron chi connectivity index (χ1n) is 6.96. The average molecular weight is 295 g/mol. The molecule has 0 spiro atoms. The number of hydrogen-bond donors (Lipinski definition) is 2. The second kappa shape index (κ2) is 6.06. The van der Waals surface area contributed by atoms with Crippen molar-refractivity contribution in [2.75, 3.05) is 5.32 Å². The molecule has 0 amide bonds. The minimum absolute atomic E-state index is 0.439. The van der Waals surface area contributed by atoms with Gasteiger partial charge in [0.1, 0.15) is 0 Å². The highest BCUT2D eigenvalue weighted by Gasteiger charge is 2.05. The number of nitrogens with one attached hydrogen (secondary N) is 2. The highest BCUT2D eigenvalue weighted by Crippen LogP contribution is 2.25. The molecule has 4 heteroatoms. The Kier molecular flexibility index (Phi) is 3.97. The van der Waals surface area contributed by atoms with E-state index in [0.29, 0.717) is 5.84 Å². The fraction of sp³-hybridized carbons (Fsp3) is 0.176. The van der Waals surface area contributed by atoms with E-state index in [1.165, 1.54) is 10.3 Å². The van der Waals surface area contributed by atoms with Gasteiger partial charge in [-0.05, 0) is 37.1 Å². The predicted molar refractivity (Wildman–Crippen MR) is 90.5 cm³/mol. The van der Waals surface area contributed by atoms with Crippen molar-refractivity contribution in [2.45, 2.75) is 19.8 Å². The van der Waals surface area contributed by atoms with Crippen LogP contribution in [0.3, 0.4) is 0 Å². The molecule has 3 rings (SSSR count). The lowest BCUT2D eigenvalue weighted by atomic mass is 10.1. The molecular formula is C17H17N3S. The summed E-state index contributed by atoms with van der Waals surface area (Å²) in [5.41, 5.74) is 3.28. The third-order valence-electron chi connectivity index (χ3n) is 3.23. The molecular weight excluding hydrogens is 278 g/mol. The lowest BCUT2D eigenvalue weighted by Gasteiger charge is -2.02. The van der Waals surface area contributed by atoms with Crippen molar-refractivity contribution in [3.8, 4) is 0 Å². The monoisotopic (exact) mass is 295 g/mol. The van der Waals surface area contributed by atoms with Crippen LogP contribution in [0.1, 0.15) is 17.5 Å². The summed E-state index contributed by atoms with van der Waals surface area (Å²) in [6, 6.07) is 16.6. The maximum Gasteiger partial charge on any atom is 0.0944 e. The standard InChI is InChI=1S/C17H17N3S/c1-12(18)19-14-8-9-16-15(11-14)20-17(21-16)10-7-13-5-3-2-4-6-13/h2-6,8-9,11H,7,10H2,1H3,(H2,18,19). The Bertz CT molecular complexity index is 762. The zero-order valence-electron chi connectivity index (χ0n) is 11.9. The molecule has 1 aromatic heterocycles. The van der Waals surface area contributed by atoms with E-state index in [2.05, 4.69) is 35.6 Å². The smallest absolute Gasteiger partial charge is 0.0944 e. The molecule has 1 heterocycles. The van der Waals surface area contributed by atoms with E-state index in [0.717, 1.165) is 29.1 Å². The molecule has 0 radical (unpaired) electrons. The number of aromatic nitrogens is 1. The molecule has 0 aliphatic carbocycles. The van der Waals surface area contributed by atoms with E-state index < -0.39 is 0 Å². The Labute approximate surface area is 128 Å². The van der Waals surface area contributed by atoms with Gasteiger partial charge in [0.25, 0.3) is 0 Å². The van der Waals surface area contributed by atoms with E-state index in [9.17, 15) is 0 Å². The van der Waals surface area contributed by atoms with Crippen molar-refractivity contribution in [1.82, 2.24) is 4.98 Å². The molecule has 0 atom stereocenters. The third-order valence-corrected chi connectivity index (χ3v) is 4.33. The Morgan fingerprint density at radius 3 is 2.71 bits per heavy atom.